The minimum atomic E-state index is -3.79. The van der Waals surface area contributed by atoms with E-state index in [1.54, 1.807) is 48.5 Å². The number of anilines is 2. The van der Waals surface area contributed by atoms with Gasteiger partial charge in [0.05, 0.1) is 30.3 Å². The minimum absolute atomic E-state index is 0.257. The molecule has 0 heterocycles. The van der Waals surface area contributed by atoms with Crippen LogP contribution in [0, 0.1) is 0 Å². The molecule has 0 radical (unpaired) electrons. The lowest BCUT2D eigenvalue weighted by molar-refractivity contribution is -0.116. The third-order valence-corrected chi connectivity index (χ3v) is 5.47. The highest BCUT2D eigenvalue weighted by molar-refractivity contribution is 7.92. The Morgan fingerprint density at radius 3 is 2.53 bits per heavy atom. The van der Waals surface area contributed by atoms with E-state index in [9.17, 15) is 18.0 Å². The molecule has 2 amide bonds. The van der Waals surface area contributed by atoms with E-state index in [1.807, 2.05) is 0 Å². The standard InChI is InChI=1S/C21H25N3O5S/c1-5-13-22-21(26)18-11-6-7-12-19(18)23-20(25)15(2)24(30(4,27)28)16-9-8-10-17(14-16)29-3/h5-12,14-15H,1,13H2,2-4H3,(H,22,26)(H,23,25)/t15-/m1/s1. The van der Waals surface area contributed by atoms with Crippen molar-refractivity contribution in [2.24, 2.45) is 0 Å². The van der Waals surface area contributed by atoms with Gasteiger partial charge < -0.3 is 15.4 Å². The Bertz CT molecular complexity index is 1040. The first-order chi connectivity index (χ1) is 14.2. The summed E-state index contributed by atoms with van der Waals surface area (Å²) in [5.41, 5.74) is 0.818. The zero-order valence-corrected chi connectivity index (χ0v) is 17.9. The predicted molar refractivity (Wildman–Crippen MR) is 117 cm³/mol. The average Bonchev–Trinajstić information content (AvgIpc) is 2.71. The predicted octanol–water partition coefficient (Wildman–Crippen LogP) is 2.40. The van der Waals surface area contributed by atoms with E-state index in [0.29, 0.717) is 5.75 Å². The fourth-order valence-electron chi connectivity index (χ4n) is 2.84. The largest absolute Gasteiger partial charge is 0.497 e. The normalized spacial score (nSPS) is 11.8. The van der Waals surface area contributed by atoms with Crippen LogP contribution in [0.1, 0.15) is 17.3 Å². The van der Waals surface area contributed by atoms with E-state index in [0.717, 1.165) is 10.6 Å². The summed E-state index contributed by atoms with van der Waals surface area (Å²) in [6, 6.07) is 11.8. The van der Waals surface area contributed by atoms with Crippen LogP contribution >= 0.6 is 0 Å². The Balaban J connectivity index is 2.33. The molecule has 2 aromatic carbocycles. The summed E-state index contributed by atoms with van der Waals surface area (Å²) in [6.07, 6.45) is 2.56. The van der Waals surface area contributed by atoms with Gasteiger partial charge >= 0.3 is 0 Å². The van der Waals surface area contributed by atoms with Gasteiger partial charge in [-0.3, -0.25) is 13.9 Å². The highest BCUT2D eigenvalue weighted by Gasteiger charge is 2.30. The van der Waals surface area contributed by atoms with Crippen molar-refractivity contribution >= 4 is 33.2 Å². The number of nitrogens with one attached hydrogen (secondary N) is 2. The summed E-state index contributed by atoms with van der Waals surface area (Å²) in [4.78, 5) is 25.3. The number of nitrogens with zero attached hydrogens (tertiary/aromatic N) is 1. The lowest BCUT2D eigenvalue weighted by Gasteiger charge is -2.28. The summed E-state index contributed by atoms with van der Waals surface area (Å²) < 4.78 is 31.1. The molecular weight excluding hydrogens is 406 g/mol. The van der Waals surface area contributed by atoms with Crippen molar-refractivity contribution < 1.29 is 22.7 Å². The van der Waals surface area contributed by atoms with Crippen LogP contribution in [-0.4, -0.2) is 46.2 Å². The third kappa shape index (κ3) is 5.60. The number of para-hydroxylation sites is 1. The number of amides is 2. The molecule has 2 N–H and O–H groups in total. The Labute approximate surface area is 176 Å². The molecule has 0 spiro atoms. The average molecular weight is 432 g/mol. The summed E-state index contributed by atoms with van der Waals surface area (Å²) in [6.45, 7) is 5.29. The van der Waals surface area contributed by atoms with Crippen LogP contribution in [-0.2, 0) is 14.8 Å². The first-order valence-corrected chi connectivity index (χ1v) is 11.0. The number of rotatable bonds is 9. The van der Waals surface area contributed by atoms with E-state index in [2.05, 4.69) is 17.2 Å². The van der Waals surface area contributed by atoms with Gasteiger partial charge in [0.2, 0.25) is 15.9 Å². The second-order valence-corrected chi connectivity index (χ2v) is 8.33. The van der Waals surface area contributed by atoms with Crippen LogP contribution in [0.15, 0.2) is 61.2 Å². The third-order valence-electron chi connectivity index (χ3n) is 4.23. The zero-order chi connectivity index (χ0) is 22.3. The molecule has 30 heavy (non-hydrogen) atoms. The molecule has 0 aliphatic heterocycles. The molecule has 9 heteroatoms. The van der Waals surface area contributed by atoms with E-state index in [1.165, 1.54) is 20.1 Å². The molecule has 1 atom stereocenters. The topological polar surface area (TPSA) is 105 Å². The maximum absolute atomic E-state index is 12.9. The van der Waals surface area contributed by atoms with E-state index in [-0.39, 0.29) is 29.4 Å². The Morgan fingerprint density at radius 1 is 1.20 bits per heavy atom. The van der Waals surface area contributed by atoms with Crippen LogP contribution in [0.25, 0.3) is 0 Å². The number of ether oxygens (including phenoxy) is 1. The molecular formula is C21H25N3O5S. The molecule has 160 valence electrons. The first kappa shape index (κ1) is 23.0. The van der Waals surface area contributed by atoms with E-state index < -0.39 is 22.0 Å². The van der Waals surface area contributed by atoms with Crippen molar-refractivity contribution in [3.63, 3.8) is 0 Å². The van der Waals surface area contributed by atoms with Crippen molar-refractivity contribution in [2.45, 2.75) is 13.0 Å². The Hall–Kier alpha value is -3.33. The number of methoxy groups -OCH3 is 1. The molecule has 0 aromatic heterocycles. The fraction of sp³-hybridized carbons (Fsp3) is 0.238. The van der Waals surface area contributed by atoms with Gasteiger partial charge in [-0.05, 0) is 31.2 Å². The molecule has 0 aliphatic carbocycles. The van der Waals surface area contributed by atoms with Gasteiger partial charge in [0.1, 0.15) is 11.8 Å². The summed E-state index contributed by atoms with van der Waals surface area (Å²) in [5.74, 6) is -0.517. The molecule has 2 aromatic rings. The van der Waals surface area contributed by atoms with Crippen LogP contribution in [0.5, 0.6) is 5.75 Å². The van der Waals surface area contributed by atoms with Gasteiger partial charge in [-0.25, -0.2) is 8.42 Å². The summed E-state index contributed by atoms with van der Waals surface area (Å²) in [5, 5.41) is 5.30. The number of benzene rings is 2. The SMILES string of the molecule is C=CCNC(=O)c1ccccc1NC(=O)[C@@H](C)N(c1cccc(OC)c1)S(C)(=O)=O. The Kier molecular flexibility index (Phi) is 7.60. The van der Waals surface area contributed by atoms with Crippen molar-refractivity contribution in [1.29, 1.82) is 0 Å². The number of carbonyl (C=O) groups is 2. The maximum Gasteiger partial charge on any atom is 0.253 e. The van der Waals surface area contributed by atoms with Gasteiger partial charge in [0.15, 0.2) is 0 Å². The Morgan fingerprint density at radius 2 is 1.90 bits per heavy atom. The maximum atomic E-state index is 12.9. The molecule has 0 saturated heterocycles. The highest BCUT2D eigenvalue weighted by atomic mass is 32.2. The lowest BCUT2D eigenvalue weighted by atomic mass is 10.1. The quantitative estimate of drug-likeness (QED) is 0.593. The summed E-state index contributed by atoms with van der Waals surface area (Å²) in [7, 11) is -2.32. The molecule has 2 rings (SSSR count). The van der Waals surface area contributed by atoms with Crippen LogP contribution in [0.2, 0.25) is 0 Å². The fourth-order valence-corrected chi connectivity index (χ4v) is 4.01. The summed E-state index contributed by atoms with van der Waals surface area (Å²) >= 11 is 0. The van der Waals surface area contributed by atoms with E-state index >= 15 is 0 Å². The number of carbonyl (C=O) groups excluding carboxylic acids is 2. The molecule has 0 bridgehead atoms. The first-order valence-electron chi connectivity index (χ1n) is 9.11. The van der Waals surface area contributed by atoms with Gasteiger partial charge in [-0.1, -0.05) is 24.3 Å². The molecule has 8 nitrogen and oxygen atoms in total. The smallest absolute Gasteiger partial charge is 0.253 e. The molecule has 0 aliphatic rings. The highest BCUT2D eigenvalue weighted by Crippen LogP contribution is 2.26. The van der Waals surface area contributed by atoms with Crippen LogP contribution < -0.4 is 19.7 Å². The van der Waals surface area contributed by atoms with Crippen LogP contribution in [0.3, 0.4) is 0 Å². The van der Waals surface area contributed by atoms with Gasteiger partial charge in [0, 0.05) is 12.6 Å². The second-order valence-electron chi connectivity index (χ2n) is 6.47. The second kappa shape index (κ2) is 9.93. The van der Waals surface area contributed by atoms with Crippen molar-refractivity contribution in [3.8, 4) is 5.75 Å². The van der Waals surface area contributed by atoms with Crippen molar-refractivity contribution in [2.75, 3.05) is 29.5 Å². The van der Waals surface area contributed by atoms with Gasteiger partial charge in [-0.15, -0.1) is 6.58 Å². The van der Waals surface area contributed by atoms with Gasteiger partial charge in [0.25, 0.3) is 5.91 Å². The van der Waals surface area contributed by atoms with Crippen LogP contribution in [0.4, 0.5) is 11.4 Å². The number of sulfonamides is 1. The van der Waals surface area contributed by atoms with Gasteiger partial charge in [-0.2, -0.15) is 0 Å². The number of hydrogen-bond acceptors (Lipinski definition) is 5. The minimum Gasteiger partial charge on any atom is -0.497 e. The van der Waals surface area contributed by atoms with E-state index in [4.69, 9.17) is 4.74 Å². The number of hydrogen-bond donors (Lipinski definition) is 2. The molecule has 0 fully saturated rings. The van der Waals surface area contributed by atoms with Crippen molar-refractivity contribution in [3.05, 3.63) is 66.7 Å². The lowest BCUT2D eigenvalue weighted by Crippen LogP contribution is -2.45. The molecule has 0 unspecified atom stereocenters. The molecule has 0 saturated carbocycles. The van der Waals surface area contributed by atoms with Crippen molar-refractivity contribution in [1.82, 2.24) is 5.32 Å². The monoisotopic (exact) mass is 431 g/mol. The zero-order valence-electron chi connectivity index (χ0n) is 17.1.